The fraction of sp³-hybridized carbons (Fsp3) is 0.900. The molecule has 6 nitrogen and oxygen atoms in total. The summed E-state index contributed by atoms with van der Waals surface area (Å²) in [4.78, 5) is 13.3. The molecule has 2 heterocycles. The molecule has 0 spiro atoms. The summed E-state index contributed by atoms with van der Waals surface area (Å²) < 4.78 is 33.4. The number of amides is 1. The molecule has 1 amide bonds. The molecule has 2 fully saturated rings. The second-order valence-corrected chi connectivity index (χ2v) is 7.93. The predicted molar refractivity (Wildman–Crippen MR) is 64.7 cm³/mol. The maximum atomic E-state index is 11.8. The van der Waals surface area contributed by atoms with E-state index in [9.17, 15) is 13.2 Å². The number of hydrogen-bond donors (Lipinski definition) is 0. The molecule has 0 aromatic heterocycles. The highest BCUT2D eigenvalue weighted by Crippen LogP contribution is 2.26. The number of halogens is 1. The van der Waals surface area contributed by atoms with Gasteiger partial charge in [0.05, 0.1) is 19.3 Å². The van der Waals surface area contributed by atoms with Crippen LogP contribution in [0.1, 0.15) is 20.3 Å². The van der Waals surface area contributed by atoms with Crippen molar-refractivity contribution in [1.29, 1.82) is 0 Å². The second kappa shape index (κ2) is 4.63. The van der Waals surface area contributed by atoms with Gasteiger partial charge in [-0.1, -0.05) is 0 Å². The first-order valence-corrected chi connectivity index (χ1v) is 8.07. The molecule has 2 aliphatic heterocycles. The van der Waals surface area contributed by atoms with Gasteiger partial charge in [-0.2, -0.15) is 0 Å². The lowest BCUT2D eigenvalue weighted by molar-refractivity contribution is -0.262. The van der Waals surface area contributed by atoms with Crippen molar-refractivity contribution in [3.63, 3.8) is 0 Å². The molecule has 1 unspecified atom stereocenters. The van der Waals surface area contributed by atoms with Gasteiger partial charge in [-0.05, 0) is 13.8 Å². The Kier molecular flexibility index (Phi) is 3.61. The Hall–Kier alpha value is -0.370. The predicted octanol–water partition coefficient (Wildman–Crippen LogP) is 0.307. The van der Waals surface area contributed by atoms with Gasteiger partial charge in [0, 0.05) is 23.6 Å². The molecule has 0 radical (unpaired) electrons. The van der Waals surface area contributed by atoms with Crippen LogP contribution in [0.25, 0.3) is 0 Å². The van der Waals surface area contributed by atoms with Crippen molar-refractivity contribution in [3.8, 4) is 0 Å². The number of rotatable bonds is 2. The molecular weight excluding hydrogens is 282 g/mol. The zero-order valence-corrected chi connectivity index (χ0v) is 11.8. The Morgan fingerprint density at radius 3 is 2.33 bits per heavy atom. The van der Waals surface area contributed by atoms with Crippen molar-refractivity contribution < 1.29 is 22.7 Å². The van der Waals surface area contributed by atoms with Crippen LogP contribution in [-0.4, -0.2) is 56.1 Å². The summed E-state index contributed by atoms with van der Waals surface area (Å²) in [6.45, 7) is 4.38. The van der Waals surface area contributed by atoms with E-state index >= 15 is 0 Å². The molecule has 8 heteroatoms. The number of hydrogen-bond acceptors (Lipinski definition) is 5. The Morgan fingerprint density at radius 2 is 1.89 bits per heavy atom. The van der Waals surface area contributed by atoms with Gasteiger partial charge in [-0.25, -0.2) is 8.42 Å². The van der Waals surface area contributed by atoms with E-state index in [1.54, 1.807) is 13.8 Å². The summed E-state index contributed by atoms with van der Waals surface area (Å²) in [6.07, 6.45) is -0.0638. The van der Waals surface area contributed by atoms with Crippen LogP contribution in [0, 0.1) is 0 Å². The topological polar surface area (TPSA) is 72.9 Å². The third-order valence-electron chi connectivity index (χ3n) is 3.21. The Morgan fingerprint density at radius 1 is 1.33 bits per heavy atom. The van der Waals surface area contributed by atoms with E-state index < -0.39 is 20.1 Å². The van der Waals surface area contributed by atoms with E-state index in [2.05, 4.69) is 0 Å². The van der Waals surface area contributed by atoms with E-state index in [0.717, 1.165) is 0 Å². The van der Waals surface area contributed by atoms with Crippen molar-refractivity contribution in [2.45, 2.75) is 37.3 Å². The van der Waals surface area contributed by atoms with E-state index in [1.165, 1.54) is 4.90 Å². The van der Waals surface area contributed by atoms with Crippen LogP contribution in [0.3, 0.4) is 0 Å². The smallest absolute Gasteiger partial charge is 0.237 e. The highest BCUT2D eigenvalue weighted by Gasteiger charge is 2.42. The molecule has 0 N–H and O–H groups in total. The maximum Gasteiger partial charge on any atom is 0.237 e. The second-order valence-electron chi connectivity index (χ2n) is 5.02. The summed E-state index contributed by atoms with van der Waals surface area (Å²) >= 11 is 0. The summed E-state index contributed by atoms with van der Waals surface area (Å²) in [5, 5.41) is -0.832. The molecule has 2 aliphatic rings. The maximum absolute atomic E-state index is 11.8. The highest BCUT2D eigenvalue weighted by atomic mass is 35.7. The average Bonchev–Trinajstić information content (AvgIpc) is 2.60. The van der Waals surface area contributed by atoms with Gasteiger partial charge in [0.25, 0.3) is 0 Å². The van der Waals surface area contributed by atoms with E-state index in [4.69, 9.17) is 20.2 Å². The summed E-state index contributed by atoms with van der Waals surface area (Å²) in [5.41, 5.74) is 0. The van der Waals surface area contributed by atoms with Crippen molar-refractivity contribution >= 4 is 25.6 Å². The van der Waals surface area contributed by atoms with Gasteiger partial charge < -0.3 is 14.4 Å². The molecule has 18 heavy (non-hydrogen) atoms. The summed E-state index contributed by atoms with van der Waals surface area (Å²) in [6, 6.07) is -0.242. The Balaban J connectivity index is 2.01. The fourth-order valence-corrected chi connectivity index (χ4v) is 3.14. The standard InChI is InChI=1S/C10H16ClNO5S/c1-10(2)16-5-7(6-17-10)12-4-8(3-9(12)13)18(11,14)15/h7-8H,3-6H2,1-2H3. The third-order valence-corrected chi connectivity index (χ3v) is 5.08. The lowest BCUT2D eigenvalue weighted by atomic mass is 10.2. The minimum Gasteiger partial charge on any atom is -0.348 e. The summed E-state index contributed by atoms with van der Waals surface area (Å²) in [7, 11) is 1.58. The van der Waals surface area contributed by atoms with Crippen LogP contribution in [0.15, 0.2) is 0 Å². The van der Waals surface area contributed by atoms with Crippen molar-refractivity contribution in [3.05, 3.63) is 0 Å². The highest BCUT2D eigenvalue weighted by molar-refractivity contribution is 8.14. The van der Waals surface area contributed by atoms with Gasteiger partial charge in [0.1, 0.15) is 5.25 Å². The van der Waals surface area contributed by atoms with Crippen LogP contribution in [0.2, 0.25) is 0 Å². The van der Waals surface area contributed by atoms with E-state index in [0.29, 0.717) is 13.2 Å². The largest absolute Gasteiger partial charge is 0.348 e. The molecule has 0 saturated carbocycles. The average molecular weight is 298 g/mol. The number of carbonyl (C=O) groups is 1. The van der Waals surface area contributed by atoms with Crippen LogP contribution in [0.4, 0.5) is 0 Å². The zero-order chi connectivity index (χ0) is 13.6. The van der Waals surface area contributed by atoms with Crippen molar-refractivity contribution in [1.82, 2.24) is 4.90 Å². The monoisotopic (exact) mass is 297 g/mol. The molecular formula is C10H16ClNO5S. The Bertz CT molecular complexity index is 439. The zero-order valence-electron chi connectivity index (χ0n) is 10.3. The lowest BCUT2D eigenvalue weighted by Crippen LogP contribution is -2.51. The lowest BCUT2D eigenvalue weighted by Gasteiger charge is -2.38. The molecule has 104 valence electrons. The minimum absolute atomic E-state index is 0.0638. The quantitative estimate of drug-likeness (QED) is 0.686. The molecule has 2 rings (SSSR count). The van der Waals surface area contributed by atoms with Gasteiger partial charge >= 0.3 is 0 Å². The van der Waals surface area contributed by atoms with Gasteiger partial charge in [-0.15, -0.1) is 0 Å². The van der Waals surface area contributed by atoms with Crippen molar-refractivity contribution in [2.24, 2.45) is 0 Å². The van der Waals surface area contributed by atoms with Crippen LogP contribution < -0.4 is 0 Å². The van der Waals surface area contributed by atoms with Gasteiger partial charge in [0.15, 0.2) is 5.79 Å². The molecule has 0 bridgehead atoms. The SMILES string of the molecule is CC1(C)OCC(N2CC(S(=O)(=O)Cl)CC2=O)CO1. The van der Waals surface area contributed by atoms with Crippen LogP contribution >= 0.6 is 10.7 Å². The van der Waals surface area contributed by atoms with Crippen LogP contribution in [0.5, 0.6) is 0 Å². The molecule has 0 aromatic carbocycles. The molecule has 2 saturated heterocycles. The third kappa shape index (κ3) is 2.96. The molecule has 0 aromatic rings. The Labute approximate surface area is 111 Å². The molecule has 1 atom stereocenters. The van der Waals surface area contributed by atoms with Crippen molar-refractivity contribution in [2.75, 3.05) is 19.8 Å². The number of carbonyl (C=O) groups excluding carboxylic acids is 1. The van der Waals surface area contributed by atoms with E-state index in [1.807, 2.05) is 0 Å². The fourth-order valence-electron chi connectivity index (χ4n) is 2.10. The minimum atomic E-state index is -3.70. The van der Waals surface area contributed by atoms with E-state index in [-0.39, 0.29) is 24.9 Å². The number of ether oxygens (including phenoxy) is 2. The van der Waals surface area contributed by atoms with Crippen LogP contribution in [-0.2, 0) is 23.3 Å². The first-order chi connectivity index (χ1) is 8.19. The number of nitrogens with zero attached hydrogens (tertiary/aromatic N) is 1. The van der Waals surface area contributed by atoms with Gasteiger partial charge in [0.2, 0.25) is 15.0 Å². The van der Waals surface area contributed by atoms with Gasteiger partial charge in [-0.3, -0.25) is 4.79 Å². The first-order valence-electron chi connectivity index (χ1n) is 5.70. The molecule has 0 aliphatic carbocycles. The normalized spacial score (nSPS) is 29.8. The summed E-state index contributed by atoms with van der Waals surface area (Å²) in [5.74, 6) is -0.877. The number of likely N-dealkylation sites (tertiary alicyclic amines) is 1. The first kappa shape index (κ1) is 14.0.